The highest BCUT2D eigenvalue weighted by Gasteiger charge is 2.35. The number of piperidine rings is 2. The van der Waals surface area contributed by atoms with Gasteiger partial charge >= 0.3 is 12.1 Å². The summed E-state index contributed by atoms with van der Waals surface area (Å²) >= 11 is 7.06. The van der Waals surface area contributed by atoms with Crippen LogP contribution in [0.2, 0.25) is 0 Å². The third kappa shape index (κ3) is 7.47. The number of halogens is 2. The molecule has 2 aromatic rings. The fourth-order valence-electron chi connectivity index (χ4n) is 6.22. The third-order valence-electron chi connectivity index (χ3n) is 8.67. The number of amides is 4. The molecule has 3 aliphatic rings. The van der Waals surface area contributed by atoms with Crippen LogP contribution in [-0.2, 0) is 22.4 Å². The van der Waals surface area contributed by atoms with Crippen molar-refractivity contribution in [2.75, 3.05) is 52.1 Å². The van der Waals surface area contributed by atoms with E-state index in [1.165, 1.54) is 0 Å². The van der Waals surface area contributed by atoms with Crippen molar-refractivity contribution >= 4 is 55.6 Å². The molecular formula is C31H39Br2N5O4. The quantitative estimate of drug-likeness (QED) is 0.438. The van der Waals surface area contributed by atoms with E-state index in [4.69, 9.17) is 4.74 Å². The molecule has 42 heavy (non-hydrogen) atoms. The number of anilines is 1. The molecule has 3 aliphatic heterocycles. The number of nitrogens with zero attached hydrogens (tertiary/aromatic N) is 4. The Bertz CT molecular complexity index is 1270. The Balaban J connectivity index is 1.22. The largest absolute Gasteiger partial charge is 0.436 e. The number of fused-ring (bicyclic) bond motifs is 1. The highest BCUT2D eigenvalue weighted by molar-refractivity contribution is 9.11. The first-order chi connectivity index (χ1) is 20.2. The van der Waals surface area contributed by atoms with E-state index in [0.717, 1.165) is 45.0 Å². The van der Waals surface area contributed by atoms with Crippen LogP contribution >= 0.6 is 31.9 Å². The molecule has 5 rings (SSSR count). The topological polar surface area (TPSA) is 85.4 Å². The molecule has 0 radical (unpaired) electrons. The van der Waals surface area contributed by atoms with Crippen molar-refractivity contribution in [3.8, 4) is 0 Å². The number of likely N-dealkylation sites (tertiary alicyclic amines) is 2. The smallest absolute Gasteiger partial charge is 0.410 e. The van der Waals surface area contributed by atoms with Gasteiger partial charge in [-0.1, -0.05) is 50.1 Å². The normalized spacial score (nSPS) is 19.3. The summed E-state index contributed by atoms with van der Waals surface area (Å²) in [6, 6.07) is 14.1. The van der Waals surface area contributed by atoms with Crippen molar-refractivity contribution in [1.82, 2.24) is 19.6 Å². The Morgan fingerprint density at radius 1 is 0.952 bits per heavy atom. The predicted octanol–water partition coefficient (Wildman–Crippen LogP) is 5.37. The number of benzene rings is 2. The zero-order valence-electron chi connectivity index (χ0n) is 24.2. The number of nitrogens with one attached hydrogen (secondary N) is 1. The van der Waals surface area contributed by atoms with Crippen LogP contribution in [0.1, 0.15) is 36.8 Å². The molecule has 1 atom stereocenters. The summed E-state index contributed by atoms with van der Waals surface area (Å²) in [5.74, 6) is -0.146. The standard InChI is InChI=1S/C31H39Br2N5O4/c1-35(2)25-8-12-36(13-9-25)29(39)28(19-21-17-23(32)20-24(33)18-21)42-31(41)37-14-10-26(11-15-37)38-16-7-22-5-3-4-6-27(22)34-30(38)40/h3-6,17-18,20,25-26,28H,7-16,19H2,1-2H3,(H,34,40). The molecule has 0 aliphatic carbocycles. The van der Waals surface area contributed by atoms with E-state index in [0.29, 0.717) is 58.0 Å². The minimum atomic E-state index is -0.915. The number of urea groups is 1. The van der Waals surface area contributed by atoms with Crippen molar-refractivity contribution < 1.29 is 19.1 Å². The fourth-order valence-corrected chi connectivity index (χ4v) is 7.61. The number of ether oxygens (including phenoxy) is 1. The monoisotopic (exact) mass is 703 g/mol. The maximum Gasteiger partial charge on any atom is 0.410 e. The molecule has 0 saturated carbocycles. The Morgan fingerprint density at radius 3 is 2.26 bits per heavy atom. The van der Waals surface area contributed by atoms with Gasteiger partial charge in [0.25, 0.3) is 5.91 Å². The molecule has 226 valence electrons. The lowest BCUT2D eigenvalue weighted by molar-refractivity contribution is -0.142. The fraction of sp³-hybridized carbons (Fsp3) is 0.516. The SMILES string of the molecule is CN(C)C1CCN(C(=O)C(Cc2cc(Br)cc(Br)c2)OC(=O)N2CCC(N3CCc4ccccc4NC3=O)CC2)CC1. The van der Waals surface area contributed by atoms with Gasteiger partial charge in [-0.3, -0.25) is 4.79 Å². The summed E-state index contributed by atoms with van der Waals surface area (Å²) < 4.78 is 7.76. The molecule has 2 fully saturated rings. The minimum Gasteiger partial charge on any atom is -0.436 e. The molecule has 0 spiro atoms. The maximum atomic E-state index is 13.7. The molecular weight excluding hydrogens is 666 g/mol. The van der Waals surface area contributed by atoms with E-state index in [2.05, 4.69) is 56.2 Å². The second-order valence-corrected chi connectivity index (χ2v) is 13.5. The lowest BCUT2D eigenvalue weighted by atomic mass is 10.0. The maximum absolute atomic E-state index is 13.7. The number of rotatable bonds is 6. The predicted molar refractivity (Wildman–Crippen MR) is 170 cm³/mol. The zero-order valence-corrected chi connectivity index (χ0v) is 27.4. The first-order valence-corrected chi connectivity index (χ1v) is 16.3. The Labute approximate surface area is 264 Å². The molecule has 0 aromatic heterocycles. The van der Waals surface area contributed by atoms with Gasteiger partial charge in [0.05, 0.1) is 0 Å². The van der Waals surface area contributed by atoms with Crippen LogP contribution in [0.5, 0.6) is 0 Å². The van der Waals surface area contributed by atoms with E-state index in [-0.39, 0.29) is 18.0 Å². The van der Waals surface area contributed by atoms with Crippen LogP contribution in [0, 0.1) is 0 Å². The Morgan fingerprint density at radius 2 is 1.60 bits per heavy atom. The Kier molecular flexibility index (Phi) is 10.1. The molecule has 9 nitrogen and oxygen atoms in total. The zero-order chi connectivity index (χ0) is 29.8. The van der Waals surface area contributed by atoms with Gasteiger partial charge in [-0.25, -0.2) is 9.59 Å². The van der Waals surface area contributed by atoms with Crippen LogP contribution in [0.25, 0.3) is 0 Å². The Hall–Kier alpha value is -2.63. The van der Waals surface area contributed by atoms with E-state index >= 15 is 0 Å². The number of carbonyl (C=O) groups excluding carboxylic acids is 3. The average molecular weight is 705 g/mol. The minimum absolute atomic E-state index is 0.0396. The third-order valence-corrected chi connectivity index (χ3v) is 9.59. The van der Waals surface area contributed by atoms with Gasteiger partial charge < -0.3 is 29.7 Å². The first kappa shape index (κ1) is 30.8. The molecule has 0 bridgehead atoms. The van der Waals surface area contributed by atoms with Crippen LogP contribution in [0.3, 0.4) is 0 Å². The van der Waals surface area contributed by atoms with Crippen molar-refractivity contribution in [3.63, 3.8) is 0 Å². The van der Waals surface area contributed by atoms with E-state index < -0.39 is 12.2 Å². The summed E-state index contributed by atoms with van der Waals surface area (Å²) in [6.07, 6.45) is 2.80. The van der Waals surface area contributed by atoms with Gasteiger partial charge in [-0.15, -0.1) is 0 Å². The second kappa shape index (κ2) is 13.8. The highest BCUT2D eigenvalue weighted by Crippen LogP contribution is 2.26. The number of para-hydroxylation sites is 1. The number of carbonyl (C=O) groups is 3. The summed E-state index contributed by atoms with van der Waals surface area (Å²) in [6.45, 7) is 2.87. The van der Waals surface area contributed by atoms with Crippen molar-refractivity contribution in [2.24, 2.45) is 0 Å². The van der Waals surface area contributed by atoms with E-state index in [9.17, 15) is 14.4 Å². The highest BCUT2D eigenvalue weighted by atomic mass is 79.9. The van der Waals surface area contributed by atoms with Gasteiger partial charge in [0, 0.05) is 65.9 Å². The summed E-state index contributed by atoms with van der Waals surface area (Å²) in [7, 11) is 4.14. The summed E-state index contributed by atoms with van der Waals surface area (Å²) in [4.78, 5) is 47.8. The molecule has 2 aromatic carbocycles. The molecule has 11 heteroatoms. The lowest BCUT2D eigenvalue weighted by Gasteiger charge is -2.38. The van der Waals surface area contributed by atoms with Gasteiger partial charge in [0.15, 0.2) is 6.10 Å². The van der Waals surface area contributed by atoms with Gasteiger partial charge in [-0.2, -0.15) is 0 Å². The summed E-state index contributed by atoms with van der Waals surface area (Å²) in [5.41, 5.74) is 2.90. The van der Waals surface area contributed by atoms with E-state index in [1.54, 1.807) is 4.90 Å². The molecule has 2 saturated heterocycles. The van der Waals surface area contributed by atoms with Crippen LogP contribution in [0.15, 0.2) is 51.4 Å². The van der Waals surface area contributed by atoms with E-state index in [1.807, 2.05) is 52.3 Å². The summed E-state index contributed by atoms with van der Waals surface area (Å²) in [5, 5.41) is 3.04. The van der Waals surface area contributed by atoms with Crippen molar-refractivity contribution in [3.05, 3.63) is 62.5 Å². The molecule has 3 heterocycles. The lowest BCUT2D eigenvalue weighted by Crippen LogP contribution is -2.52. The molecule has 1 N–H and O–H groups in total. The van der Waals surface area contributed by atoms with Gasteiger partial charge in [0.2, 0.25) is 0 Å². The van der Waals surface area contributed by atoms with Gasteiger partial charge in [-0.05, 0) is 81.6 Å². The first-order valence-electron chi connectivity index (χ1n) is 14.7. The second-order valence-electron chi connectivity index (χ2n) is 11.6. The van der Waals surface area contributed by atoms with Crippen LogP contribution in [0.4, 0.5) is 15.3 Å². The molecule has 1 unspecified atom stereocenters. The van der Waals surface area contributed by atoms with Gasteiger partial charge in [0.1, 0.15) is 0 Å². The number of hydrogen-bond acceptors (Lipinski definition) is 5. The van der Waals surface area contributed by atoms with Crippen molar-refractivity contribution in [2.45, 2.75) is 56.7 Å². The molecule has 4 amide bonds. The van der Waals surface area contributed by atoms with Crippen molar-refractivity contribution in [1.29, 1.82) is 0 Å². The van der Waals surface area contributed by atoms with Crippen LogP contribution in [-0.4, -0.2) is 103 Å². The van der Waals surface area contributed by atoms with Crippen LogP contribution < -0.4 is 5.32 Å². The average Bonchev–Trinajstić information content (AvgIpc) is 3.14. The number of hydrogen-bond donors (Lipinski definition) is 1.